The molecule has 1 fully saturated rings. The maximum absolute atomic E-state index is 13.3. The summed E-state index contributed by atoms with van der Waals surface area (Å²) in [5.41, 5.74) is 3.05. The van der Waals surface area contributed by atoms with Crippen molar-refractivity contribution < 1.29 is 18.0 Å². The lowest BCUT2D eigenvalue weighted by Gasteiger charge is -2.39. The Morgan fingerprint density at radius 1 is 1.03 bits per heavy atom. The molecule has 2 aliphatic rings. The summed E-state index contributed by atoms with van der Waals surface area (Å²) in [6, 6.07) is 12.1. The smallest absolute Gasteiger partial charge is 0.244 e. The molecular formula is C23H28N4O4S. The van der Waals surface area contributed by atoms with Gasteiger partial charge in [0.2, 0.25) is 21.8 Å². The quantitative estimate of drug-likeness (QED) is 0.760. The van der Waals surface area contributed by atoms with Crippen LogP contribution >= 0.6 is 0 Å². The molecule has 1 N–H and O–H groups in total. The first-order valence-corrected chi connectivity index (χ1v) is 12.1. The SMILES string of the molecule is Cc1ccc(S(=O)(=O)N2CCN(C(C)C(=O)N3CC(=O)Nc4ccccc43)CC2)c(C)c1. The highest BCUT2D eigenvalue weighted by atomic mass is 32.2. The number of fused-ring (bicyclic) bond motifs is 1. The highest BCUT2D eigenvalue weighted by Crippen LogP contribution is 2.30. The standard InChI is InChI=1S/C23H28N4O4S/c1-16-8-9-21(17(2)14-16)32(30,31)26-12-10-25(11-13-26)18(3)23(29)27-15-22(28)24-19-6-4-5-7-20(19)27/h4-9,14,18H,10-13,15H2,1-3H3,(H,24,28). The van der Waals surface area contributed by atoms with Crippen LogP contribution in [0.1, 0.15) is 18.1 Å². The van der Waals surface area contributed by atoms with Gasteiger partial charge in [-0.25, -0.2) is 8.42 Å². The first kappa shape index (κ1) is 22.4. The Morgan fingerprint density at radius 3 is 2.41 bits per heavy atom. The number of anilines is 2. The number of amides is 2. The van der Waals surface area contributed by atoms with Gasteiger partial charge in [0, 0.05) is 26.2 Å². The molecule has 0 spiro atoms. The third-order valence-electron chi connectivity index (χ3n) is 6.16. The summed E-state index contributed by atoms with van der Waals surface area (Å²) in [5, 5.41) is 2.79. The topological polar surface area (TPSA) is 90.0 Å². The van der Waals surface area contributed by atoms with E-state index in [2.05, 4.69) is 5.32 Å². The van der Waals surface area contributed by atoms with Crippen molar-refractivity contribution in [3.05, 3.63) is 53.6 Å². The molecule has 2 aromatic rings. The Labute approximate surface area is 188 Å². The van der Waals surface area contributed by atoms with Crippen LogP contribution in [-0.2, 0) is 19.6 Å². The summed E-state index contributed by atoms with van der Waals surface area (Å²) in [4.78, 5) is 29.2. The lowest BCUT2D eigenvalue weighted by Crippen LogP contribution is -2.56. The van der Waals surface area contributed by atoms with Gasteiger partial charge in [0.1, 0.15) is 6.54 Å². The molecule has 2 aromatic carbocycles. The lowest BCUT2D eigenvalue weighted by atomic mass is 10.1. The van der Waals surface area contributed by atoms with Crippen molar-refractivity contribution in [1.82, 2.24) is 9.21 Å². The largest absolute Gasteiger partial charge is 0.323 e. The first-order valence-electron chi connectivity index (χ1n) is 10.7. The Balaban J connectivity index is 1.45. The van der Waals surface area contributed by atoms with E-state index in [1.165, 1.54) is 9.21 Å². The highest BCUT2D eigenvalue weighted by molar-refractivity contribution is 7.89. The second-order valence-corrected chi connectivity index (χ2v) is 10.3. The van der Waals surface area contributed by atoms with Crippen LogP contribution in [0.15, 0.2) is 47.4 Å². The number of rotatable bonds is 4. The van der Waals surface area contributed by atoms with E-state index in [1.54, 1.807) is 12.1 Å². The van der Waals surface area contributed by atoms with Gasteiger partial charge in [-0.2, -0.15) is 4.31 Å². The Morgan fingerprint density at radius 2 is 1.72 bits per heavy atom. The second kappa shape index (κ2) is 8.65. The van der Waals surface area contributed by atoms with Crippen LogP contribution in [0.5, 0.6) is 0 Å². The van der Waals surface area contributed by atoms with Gasteiger partial charge in [-0.3, -0.25) is 19.4 Å². The average Bonchev–Trinajstić information content (AvgIpc) is 2.77. The monoisotopic (exact) mass is 456 g/mol. The summed E-state index contributed by atoms with van der Waals surface area (Å²) >= 11 is 0. The lowest BCUT2D eigenvalue weighted by molar-refractivity contribution is -0.125. The Hall–Kier alpha value is -2.75. The molecule has 2 aliphatic heterocycles. The minimum Gasteiger partial charge on any atom is -0.323 e. The predicted molar refractivity (Wildman–Crippen MR) is 123 cm³/mol. The fourth-order valence-corrected chi connectivity index (χ4v) is 6.00. The van der Waals surface area contributed by atoms with Gasteiger partial charge >= 0.3 is 0 Å². The molecule has 170 valence electrons. The molecule has 8 nitrogen and oxygen atoms in total. The molecule has 2 heterocycles. The summed E-state index contributed by atoms with van der Waals surface area (Å²) in [5.74, 6) is -0.397. The van der Waals surface area contributed by atoms with Crippen LogP contribution in [-0.4, -0.2) is 68.2 Å². The summed E-state index contributed by atoms with van der Waals surface area (Å²) in [6.07, 6.45) is 0. The molecule has 0 radical (unpaired) electrons. The number of para-hydroxylation sites is 2. The maximum Gasteiger partial charge on any atom is 0.244 e. The number of sulfonamides is 1. The van der Waals surface area contributed by atoms with Gasteiger partial charge in [0.15, 0.2) is 0 Å². The summed E-state index contributed by atoms with van der Waals surface area (Å²) in [6.45, 7) is 7.04. The molecule has 9 heteroatoms. The van der Waals surface area contributed by atoms with Crippen molar-refractivity contribution in [2.45, 2.75) is 31.7 Å². The first-order chi connectivity index (χ1) is 15.2. The summed E-state index contributed by atoms with van der Waals surface area (Å²) < 4.78 is 27.8. The number of piperazine rings is 1. The van der Waals surface area contributed by atoms with E-state index < -0.39 is 16.1 Å². The van der Waals surface area contributed by atoms with E-state index in [-0.39, 0.29) is 18.4 Å². The molecule has 4 rings (SSSR count). The van der Waals surface area contributed by atoms with Gasteiger partial charge in [-0.05, 0) is 44.5 Å². The molecule has 2 amide bonds. The fourth-order valence-electron chi connectivity index (χ4n) is 4.37. The van der Waals surface area contributed by atoms with Crippen molar-refractivity contribution in [2.75, 3.05) is 42.9 Å². The van der Waals surface area contributed by atoms with Crippen molar-refractivity contribution in [3.63, 3.8) is 0 Å². The van der Waals surface area contributed by atoms with Gasteiger partial charge in [-0.1, -0.05) is 29.8 Å². The molecule has 0 aromatic heterocycles. The van der Waals surface area contributed by atoms with E-state index in [0.717, 1.165) is 11.1 Å². The van der Waals surface area contributed by atoms with Gasteiger partial charge in [-0.15, -0.1) is 0 Å². The highest BCUT2D eigenvalue weighted by Gasteiger charge is 2.36. The van der Waals surface area contributed by atoms with Crippen LogP contribution in [0.25, 0.3) is 0 Å². The zero-order valence-corrected chi connectivity index (χ0v) is 19.4. The molecule has 32 heavy (non-hydrogen) atoms. The molecule has 1 unspecified atom stereocenters. The van der Waals surface area contributed by atoms with Crippen LogP contribution in [0.2, 0.25) is 0 Å². The van der Waals surface area contributed by atoms with Crippen LogP contribution < -0.4 is 10.2 Å². The minimum atomic E-state index is -3.59. The Bertz CT molecular complexity index is 1160. The van der Waals surface area contributed by atoms with Crippen LogP contribution in [0.3, 0.4) is 0 Å². The van der Waals surface area contributed by atoms with E-state index in [4.69, 9.17) is 0 Å². The second-order valence-electron chi connectivity index (χ2n) is 8.37. The molecule has 0 saturated carbocycles. The maximum atomic E-state index is 13.3. The van der Waals surface area contributed by atoms with Crippen molar-refractivity contribution >= 4 is 33.2 Å². The van der Waals surface area contributed by atoms with Crippen LogP contribution in [0, 0.1) is 13.8 Å². The molecule has 1 saturated heterocycles. The van der Waals surface area contributed by atoms with Gasteiger partial charge in [0.25, 0.3) is 0 Å². The molecule has 1 atom stereocenters. The molecule has 0 bridgehead atoms. The number of hydrogen-bond acceptors (Lipinski definition) is 5. The van der Waals surface area contributed by atoms with Crippen molar-refractivity contribution in [1.29, 1.82) is 0 Å². The van der Waals surface area contributed by atoms with Gasteiger partial charge in [0.05, 0.1) is 22.3 Å². The summed E-state index contributed by atoms with van der Waals surface area (Å²) in [7, 11) is -3.59. The van der Waals surface area contributed by atoms with Crippen molar-refractivity contribution in [3.8, 4) is 0 Å². The van der Waals surface area contributed by atoms with Crippen LogP contribution in [0.4, 0.5) is 11.4 Å². The van der Waals surface area contributed by atoms with E-state index in [9.17, 15) is 18.0 Å². The number of carbonyl (C=O) groups excluding carboxylic acids is 2. The third kappa shape index (κ3) is 4.15. The number of nitrogens with zero attached hydrogens (tertiary/aromatic N) is 3. The zero-order valence-electron chi connectivity index (χ0n) is 18.5. The fraction of sp³-hybridized carbons (Fsp3) is 0.391. The average molecular weight is 457 g/mol. The molecule has 0 aliphatic carbocycles. The molecular weight excluding hydrogens is 428 g/mol. The number of carbonyl (C=O) groups is 2. The predicted octanol–water partition coefficient (Wildman–Crippen LogP) is 1.98. The number of benzene rings is 2. The van der Waals surface area contributed by atoms with E-state index >= 15 is 0 Å². The van der Waals surface area contributed by atoms with Crippen molar-refractivity contribution in [2.24, 2.45) is 0 Å². The number of hydrogen-bond donors (Lipinski definition) is 1. The number of aryl methyl sites for hydroxylation is 2. The zero-order chi connectivity index (χ0) is 23.0. The minimum absolute atomic E-state index is 0.0266. The third-order valence-corrected chi connectivity index (χ3v) is 8.22. The van der Waals surface area contributed by atoms with Gasteiger partial charge < -0.3 is 5.32 Å². The Kier molecular flexibility index (Phi) is 6.07. The van der Waals surface area contributed by atoms with E-state index in [1.807, 2.05) is 56.0 Å². The van der Waals surface area contributed by atoms with E-state index in [0.29, 0.717) is 42.4 Å². The number of nitrogens with one attached hydrogen (secondary N) is 1. The normalized spacial score (nSPS) is 18.7.